The first kappa shape index (κ1) is 17.5. The number of rotatable bonds is 7. The second kappa shape index (κ2) is 8.15. The minimum atomic E-state index is -0.566. The van der Waals surface area contributed by atoms with Gasteiger partial charge in [0.15, 0.2) is 12.4 Å². The highest BCUT2D eigenvalue weighted by molar-refractivity contribution is 5.71. The van der Waals surface area contributed by atoms with Crippen molar-refractivity contribution in [1.29, 1.82) is 0 Å². The smallest absolute Gasteiger partial charge is 0.344 e. The maximum absolute atomic E-state index is 12.8. The summed E-state index contributed by atoms with van der Waals surface area (Å²) in [6, 6.07) is 14.3. The second-order valence-electron chi connectivity index (χ2n) is 5.31. The molecule has 134 valence electrons. The zero-order valence-electron chi connectivity index (χ0n) is 14.0. The topological polar surface area (TPSA) is 70.8 Å². The van der Waals surface area contributed by atoms with Crippen LogP contribution in [0.3, 0.4) is 0 Å². The molecule has 26 heavy (non-hydrogen) atoms. The highest BCUT2D eigenvalue weighted by atomic mass is 19.1. The minimum Gasteiger partial charge on any atom is -0.497 e. The highest BCUT2D eigenvalue weighted by Gasteiger charge is 2.10. The van der Waals surface area contributed by atoms with Crippen molar-refractivity contribution in [3.63, 3.8) is 0 Å². The van der Waals surface area contributed by atoms with Gasteiger partial charge in [-0.3, -0.25) is 0 Å². The van der Waals surface area contributed by atoms with E-state index in [2.05, 4.69) is 5.16 Å². The average Bonchev–Trinajstić information content (AvgIpc) is 3.15. The maximum Gasteiger partial charge on any atom is 0.344 e. The zero-order valence-corrected chi connectivity index (χ0v) is 14.0. The van der Waals surface area contributed by atoms with Gasteiger partial charge in [0.1, 0.15) is 29.6 Å². The predicted molar refractivity (Wildman–Crippen MR) is 90.2 cm³/mol. The van der Waals surface area contributed by atoms with Gasteiger partial charge >= 0.3 is 5.97 Å². The standard InChI is InChI=1S/C19H16FNO5/c1-23-16-6-2-13(3-7-16)18-10-15(21-26-18)11-25-19(22)12-24-17-8-4-14(20)5-9-17/h2-10H,11-12H2,1H3. The van der Waals surface area contributed by atoms with E-state index in [0.29, 0.717) is 17.2 Å². The maximum atomic E-state index is 12.8. The molecule has 0 bridgehead atoms. The Morgan fingerprint density at radius 1 is 1.08 bits per heavy atom. The molecule has 0 spiro atoms. The summed E-state index contributed by atoms with van der Waals surface area (Å²) >= 11 is 0. The van der Waals surface area contributed by atoms with Crippen LogP contribution in [-0.2, 0) is 16.1 Å². The van der Waals surface area contributed by atoms with E-state index in [1.54, 1.807) is 13.2 Å². The molecule has 1 heterocycles. The molecule has 3 rings (SSSR count). The third-order valence-corrected chi connectivity index (χ3v) is 3.48. The van der Waals surface area contributed by atoms with Crippen molar-refractivity contribution in [2.24, 2.45) is 0 Å². The summed E-state index contributed by atoms with van der Waals surface area (Å²) in [7, 11) is 1.59. The zero-order chi connectivity index (χ0) is 18.4. The Morgan fingerprint density at radius 2 is 1.77 bits per heavy atom. The van der Waals surface area contributed by atoms with Crippen LogP contribution < -0.4 is 9.47 Å². The van der Waals surface area contributed by atoms with E-state index in [0.717, 1.165) is 11.3 Å². The second-order valence-corrected chi connectivity index (χ2v) is 5.31. The fourth-order valence-electron chi connectivity index (χ4n) is 2.14. The number of hydrogen-bond donors (Lipinski definition) is 0. The molecule has 7 heteroatoms. The Balaban J connectivity index is 1.49. The van der Waals surface area contributed by atoms with Gasteiger partial charge in [-0.15, -0.1) is 0 Å². The first-order valence-corrected chi connectivity index (χ1v) is 7.78. The van der Waals surface area contributed by atoms with E-state index in [9.17, 15) is 9.18 Å². The summed E-state index contributed by atoms with van der Waals surface area (Å²) in [6.45, 7) is -0.319. The number of carbonyl (C=O) groups is 1. The molecule has 0 unspecified atom stereocenters. The van der Waals surface area contributed by atoms with Crippen molar-refractivity contribution in [1.82, 2.24) is 5.16 Å². The number of ether oxygens (including phenoxy) is 3. The number of halogens is 1. The Hall–Kier alpha value is -3.35. The van der Waals surface area contributed by atoms with E-state index in [1.807, 2.05) is 24.3 Å². The average molecular weight is 357 g/mol. The molecule has 1 aromatic heterocycles. The van der Waals surface area contributed by atoms with Crippen LogP contribution in [0.15, 0.2) is 59.1 Å². The van der Waals surface area contributed by atoms with Gasteiger partial charge in [0, 0.05) is 11.6 Å². The lowest BCUT2D eigenvalue weighted by atomic mass is 10.1. The summed E-state index contributed by atoms with van der Waals surface area (Å²) < 4.78 is 33.4. The van der Waals surface area contributed by atoms with Gasteiger partial charge in [-0.2, -0.15) is 0 Å². The number of hydrogen-bond acceptors (Lipinski definition) is 6. The van der Waals surface area contributed by atoms with E-state index in [4.69, 9.17) is 18.7 Å². The van der Waals surface area contributed by atoms with Crippen LogP contribution in [0.2, 0.25) is 0 Å². The number of nitrogens with zero attached hydrogens (tertiary/aromatic N) is 1. The highest BCUT2D eigenvalue weighted by Crippen LogP contribution is 2.23. The van der Waals surface area contributed by atoms with Crippen molar-refractivity contribution in [2.45, 2.75) is 6.61 Å². The first-order valence-electron chi connectivity index (χ1n) is 7.78. The SMILES string of the molecule is COc1ccc(-c2cc(COC(=O)COc3ccc(F)cc3)no2)cc1. The molecule has 3 aromatic rings. The summed E-state index contributed by atoms with van der Waals surface area (Å²) in [5.74, 6) is 0.735. The summed E-state index contributed by atoms with van der Waals surface area (Å²) in [5.41, 5.74) is 1.31. The monoisotopic (exact) mass is 357 g/mol. The molecule has 0 radical (unpaired) electrons. The van der Waals surface area contributed by atoms with Gasteiger partial charge in [-0.25, -0.2) is 9.18 Å². The third-order valence-electron chi connectivity index (χ3n) is 3.48. The number of aromatic nitrogens is 1. The van der Waals surface area contributed by atoms with Crippen LogP contribution >= 0.6 is 0 Å². The van der Waals surface area contributed by atoms with Gasteiger partial charge in [0.05, 0.1) is 7.11 Å². The summed E-state index contributed by atoms with van der Waals surface area (Å²) in [5, 5.41) is 3.87. The molecular weight excluding hydrogens is 341 g/mol. The van der Waals surface area contributed by atoms with Crippen LogP contribution in [0.5, 0.6) is 11.5 Å². The predicted octanol–water partition coefficient (Wildman–Crippen LogP) is 3.61. The Bertz CT molecular complexity index is 858. The van der Waals surface area contributed by atoms with Gasteiger partial charge < -0.3 is 18.7 Å². The molecule has 0 aliphatic heterocycles. The van der Waals surface area contributed by atoms with Gasteiger partial charge in [-0.1, -0.05) is 5.16 Å². The van der Waals surface area contributed by atoms with Gasteiger partial charge in [0.2, 0.25) is 0 Å². The Labute approximate surface area is 149 Å². The molecule has 0 N–H and O–H groups in total. The van der Waals surface area contributed by atoms with Crippen molar-refractivity contribution >= 4 is 5.97 Å². The van der Waals surface area contributed by atoms with Crippen molar-refractivity contribution in [2.75, 3.05) is 13.7 Å². The van der Waals surface area contributed by atoms with E-state index in [1.165, 1.54) is 24.3 Å². The number of benzene rings is 2. The molecule has 0 saturated carbocycles. The van der Waals surface area contributed by atoms with Gasteiger partial charge in [-0.05, 0) is 48.5 Å². The lowest BCUT2D eigenvalue weighted by Crippen LogP contribution is -2.14. The molecule has 0 aliphatic rings. The van der Waals surface area contributed by atoms with Crippen LogP contribution in [0.4, 0.5) is 4.39 Å². The molecule has 0 fully saturated rings. The number of esters is 1. The molecule has 2 aromatic carbocycles. The number of methoxy groups -OCH3 is 1. The fourth-order valence-corrected chi connectivity index (χ4v) is 2.14. The van der Waals surface area contributed by atoms with Crippen LogP contribution in [0.25, 0.3) is 11.3 Å². The quantitative estimate of drug-likeness (QED) is 0.602. The Morgan fingerprint density at radius 3 is 2.46 bits per heavy atom. The molecular formula is C19H16FNO5. The Kier molecular flexibility index (Phi) is 5.48. The van der Waals surface area contributed by atoms with Crippen molar-refractivity contribution in [3.8, 4) is 22.8 Å². The molecule has 6 nitrogen and oxygen atoms in total. The molecule has 0 amide bonds. The van der Waals surface area contributed by atoms with Crippen LogP contribution in [0, 0.1) is 5.82 Å². The lowest BCUT2D eigenvalue weighted by Gasteiger charge is -2.05. The third kappa shape index (κ3) is 4.60. The van der Waals surface area contributed by atoms with Crippen molar-refractivity contribution < 1.29 is 27.9 Å². The van der Waals surface area contributed by atoms with E-state index in [-0.39, 0.29) is 19.0 Å². The van der Waals surface area contributed by atoms with E-state index >= 15 is 0 Å². The minimum absolute atomic E-state index is 0.0364. The molecule has 0 atom stereocenters. The fraction of sp³-hybridized carbons (Fsp3) is 0.158. The van der Waals surface area contributed by atoms with Crippen LogP contribution in [-0.4, -0.2) is 24.8 Å². The van der Waals surface area contributed by atoms with Gasteiger partial charge in [0.25, 0.3) is 0 Å². The molecule has 0 saturated heterocycles. The first-order chi connectivity index (χ1) is 12.6. The summed E-state index contributed by atoms with van der Waals surface area (Å²) in [6.07, 6.45) is 0. The largest absolute Gasteiger partial charge is 0.497 e. The van der Waals surface area contributed by atoms with Crippen molar-refractivity contribution in [3.05, 3.63) is 66.1 Å². The number of carbonyl (C=O) groups excluding carboxylic acids is 1. The van der Waals surface area contributed by atoms with Crippen LogP contribution in [0.1, 0.15) is 5.69 Å². The lowest BCUT2D eigenvalue weighted by molar-refractivity contribution is -0.147. The van der Waals surface area contributed by atoms with E-state index < -0.39 is 5.97 Å². The normalized spacial score (nSPS) is 10.4. The summed E-state index contributed by atoms with van der Waals surface area (Å²) in [4.78, 5) is 11.7. The molecule has 0 aliphatic carbocycles.